The highest BCUT2D eigenvalue weighted by molar-refractivity contribution is 5.36. The van der Waals surface area contributed by atoms with Gasteiger partial charge in [-0.25, -0.2) is 0 Å². The Bertz CT molecular complexity index is 567. The fraction of sp³-hybridized carbons (Fsp3) is 0.368. The van der Waals surface area contributed by atoms with Gasteiger partial charge in [0.15, 0.2) is 0 Å². The summed E-state index contributed by atoms with van der Waals surface area (Å²) in [6, 6.07) is 15.3. The fourth-order valence-electron chi connectivity index (χ4n) is 2.58. The standard InChI is InChI=1S/C19H25N/c1-13(2)17-10-8-16(9-11-17)12-19(20)18-7-5-6-14(3)15(18)4/h5-11,13,19H,12,20H2,1-4H3. The van der Waals surface area contributed by atoms with E-state index in [0.717, 1.165) is 6.42 Å². The second kappa shape index (κ2) is 6.23. The van der Waals surface area contributed by atoms with Gasteiger partial charge in [-0.3, -0.25) is 0 Å². The topological polar surface area (TPSA) is 26.0 Å². The van der Waals surface area contributed by atoms with Crippen LogP contribution in [0, 0.1) is 13.8 Å². The summed E-state index contributed by atoms with van der Waals surface area (Å²) in [5.74, 6) is 0.580. The van der Waals surface area contributed by atoms with Gasteiger partial charge in [-0.05, 0) is 54.0 Å². The van der Waals surface area contributed by atoms with Gasteiger partial charge >= 0.3 is 0 Å². The van der Waals surface area contributed by atoms with E-state index in [2.05, 4.69) is 70.2 Å². The van der Waals surface area contributed by atoms with Gasteiger partial charge < -0.3 is 5.73 Å². The van der Waals surface area contributed by atoms with Crippen molar-refractivity contribution in [2.45, 2.75) is 46.1 Å². The molecule has 0 heterocycles. The smallest absolute Gasteiger partial charge is 0.0338 e. The molecule has 0 aliphatic heterocycles. The molecule has 0 aromatic heterocycles. The van der Waals surface area contributed by atoms with Gasteiger partial charge in [-0.1, -0.05) is 56.3 Å². The van der Waals surface area contributed by atoms with Gasteiger partial charge in [0.2, 0.25) is 0 Å². The number of hydrogen-bond acceptors (Lipinski definition) is 1. The maximum atomic E-state index is 6.39. The van der Waals surface area contributed by atoms with Crippen molar-refractivity contribution in [2.75, 3.05) is 0 Å². The molecular weight excluding hydrogens is 242 g/mol. The predicted octanol–water partition coefficient (Wildman–Crippen LogP) is 4.67. The molecule has 0 saturated carbocycles. The average molecular weight is 267 g/mol. The zero-order chi connectivity index (χ0) is 14.7. The molecule has 0 fully saturated rings. The molecule has 0 amide bonds. The van der Waals surface area contributed by atoms with Crippen molar-refractivity contribution in [1.29, 1.82) is 0 Å². The normalized spacial score (nSPS) is 12.7. The number of rotatable bonds is 4. The van der Waals surface area contributed by atoms with Crippen LogP contribution < -0.4 is 5.73 Å². The van der Waals surface area contributed by atoms with Gasteiger partial charge in [0.05, 0.1) is 0 Å². The van der Waals surface area contributed by atoms with Crippen molar-refractivity contribution < 1.29 is 0 Å². The van der Waals surface area contributed by atoms with Crippen molar-refractivity contribution in [3.05, 3.63) is 70.3 Å². The van der Waals surface area contributed by atoms with E-state index in [1.807, 2.05) is 0 Å². The molecule has 2 aromatic rings. The number of aryl methyl sites for hydroxylation is 1. The van der Waals surface area contributed by atoms with Crippen LogP contribution in [0.25, 0.3) is 0 Å². The van der Waals surface area contributed by atoms with E-state index in [9.17, 15) is 0 Å². The molecule has 0 bridgehead atoms. The molecule has 106 valence electrons. The summed E-state index contributed by atoms with van der Waals surface area (Å²) in [5.41, 5.74) is 13.0. The summed E-state index contributed by atoms with van der Waals surface area (Å²) < 4.78 is 0. The molecule has 0 spiro atoms. The molecule has 1 heteroatoms. The third-order valence-electron chi connectivity index (χ3n) is 4.15. The zero-order valence-electron chi connectivity index (χ0n) is 13.0. The first-order valence-corrected chi connectivity index (χ1v) is 7.39. The monoisotopic (exact) mass is 267 g/mol. The van der Waals surface area contributed by atoms with Crippen molar-refractivity contribution in [2.24, 2.45) is 5.73 Å². The number of nitrogens with two attached hydrogens (primary N) is 1. The minimum Gasteiger partial charge on any atom is -0.324 e. The lowest BCUT2D eigenvalue weighted by molar-refractivity contribution is 0.714. The summed E-state index contributed by atoms with van der Waals surface area (Å²) in [6.07, 6.45) is 0.892. The van der Waals surface area contributed by atoms with Crippen molar-refractivity contribution in [1.82, 2.24) is 0 Å². The summed E-state index contributed by atoms with van der Waals surface area (Å²) >= 11 is 0. The van der Waals surface area contributed by atoms with Gasteiger partial charge in [-0.2, -0.15) is 0 Å². The average Bonchev–Trinajstić information content (AvgIpc) is 2.42. The SMILES string of the molecule is Cc1cccc(C(N)Cc2ccc(C(C)C)cc2)c1C. The van der Waals surface area contributed by atoms with Gasteiger partial charge in [0.25, 0.3) is 0 Å². The molecule has 0 aliphatic carbocycles. The number of benzene rings is 2. The van der Waals surface area contributed by atoms with Gasteiger partial charge in [0.1, 0.15) is 0 Å². The third kappa shape index (κ3) is 3.29. The van der Waals surface area contributed by atoms with Gasteiger partial charge in [-0.15, -0.1) is 0 Å². The van der Waals surface area contributed by atoms with Crippen molar-refractivity contribution >= 4 is 0 Å². The quantitative estimate of drug-likeness (QED) is 0.856. The maximum Gasteiger partial charge on any atom is 0.0338 e. The van der Waals surface area contributed by atoms with E-state index >= 15 is 0 Å². The summed E-state index contributed by atoms with van der Waals surface area (Å²) in [4.78, 5) is 0. The van der Waals surface area contributed by atoms with Crippen LogP contribution in [0.5, 0.6) is 0 Å². The van der Waals surface area contributed by atoms with Crippen LogP contribution in [-0.2, 0) is 6.42 Å². The van der Waals surface area contributed by atoms with Crippen LogP contribution >= 0.6 is 0 Å². The van der Waals surface area contributed by atoms with E-state index in [1.165, 1.54) is 27.8 Å². The second-order valence-electron chi connectivity index (χ2n) is 6.00. The molecule has 0 radical (unpaired) electrons. The van der Waals surface area contributed by atoms with E-state index in [1.54, 1.807) is 0 Å². The second-order valence-corrected chi connectivity index (χ2v) is 6.00. The first-order chi connectivity index (χ1) is 9.49. The molecule has 1 unspecified atom stereocenters. The molecule has 2 rings (SSSR count). The van der Waals surface area contributed by atoms with Crippen LogP contribution in [-0.4, -0.2) is 0 Å². The van der Waals surface area contributed by atoms with Crippen LogP contribution in [0.2, 0.25) is 0 Å². The highest BCUT2D eigenvalue weighted by Gasteiger charge is 2.11. The minimum absolute atomic E-state index is 0.0693. The van der Waals surface area contributed by atoms with Crippen molar-refractivity contribution in [3.63, 3.8) is 0 Å². The molecule has 2 N–H and O–H groups in total. The minimum atomic E-state index is 0.0693. The lowest BCUT2D eigenvalue weighted by atomic mass is 9.93. The molecule has 1 atom stereocenters. The Morgan fingerprint density at radius 1 is 0.950 bits per heavy atom. The Hall–Kier alpha value is -1.60. The van der Waals surface area contributed by atoms with Crippen LogP contribution in [0.4, 0.5) is 0 Å². The Morgan fingerprint density at radius 2 is 1.60 bits per heavy atom. The highest BCUT2D eigenvalue weighted by atomic mass is 14.6. The summed E-state index contributed by atoms with van der Waals surface area (Å²) in [7, 11) is 0. The Kier molecular flexibility index (Phi) is 4.61. The Labute approximate surface area is 122 Å². The van der Waals surface area contributed by atoms with Crippen LogP contribution in [0.1, 0.15) is 53.6 Å². The van der Waals surface area contributed by atoms with E-state index in [4.69, 9.17) is 5.73 Å². The highest BCUT2D eigenvalue weighted by Crippen LogP contribution is 2.23. The third-order valence-corrected chi connectivity index (χ3v) is 4.15. The largest absolute Gasteiger partial charge is 0.324 e. The summed E-state index contributed by atoms with van der Waals surface area (Å²) in [5, 5.41) is 0. The van der Waals surface area contributed by atoms with E-state index in [-0.39, 0.29) is 6.04 Å². The predicted molar refractivity (Wildman–Crippen MR) is 87.1 cm³/mol. The Morgan fingerprint density at radius 3 is 2.20 bits per heavy atom. The maximum absolute atomic E-state index is 6.39. The lowest BCUT2D eigenvalue weighted by Gasteiger charge is -2.17. The van der Waals surface area contributed by atoms with E-state index in [0.29, 0.717) is 5.92 Å². The zero-order valence-corrected chi connectivity index (χ0v) is 13.0. The molecule has 0 aliphatic rings. The number of hydrogen-bond donors (Lipinski definition) is 1. The van der Waals surface area contributed by atoms with Gasteiger partial charge in [0, 0.05) is 6.04 Å². The summed E-state index contributed by atoms with van der Waals surface area (Å²) in [6.45, 7) is 8.74. The molecule has 0 saturated heterocycles. The van der Waals surface area contributed by atoms with E-state index < -0.39 is 0 Å². The lowest BCUT2D eigenvalue weighted by Crippen LogP contribution is -2.15. The fourth-order valence-corrected chi connectivity index (χ4v) is 2.58. The molecular formula is C19H25N. The van der Waals surface area contributed by atoms with Crippen molar-refractivity contribution in [3.8, 4) is 0 Å². The first-order valence-electron chi connectivity index (χ1n) is 7.39. The van der Waals surface area contributed by atoms with Crippen LogP contribution in [0.3, 0.4) is 0 Å². The molecule has 2 aromatic carbocycles. The molecule has 1 nitrogen and oxygen atoms in total. The Balaban J connectivity index is 2.15. The molecule has 20 heavy (non-hydrogen) atoms. The van der Waals surface area contributed by atoms with Crippen LogP contribution in [0.15, 0.2) is 42.5 Å². The first kappa shape index (κ1) is 14.8.